The largest absolute Gasteiger partial charge is 0.454 e. The molecule has 1 heterocycles. The van der Waals surface area contributed by atoms with E-state index in [2.05, 4.69) is 5.32 Å². The SMILES string of the molecule is O=C(COC(=O)c1cccc([N+](=O)[O-])c1)NCc1ccc2c(c1)OCO2. The van der Waals surface area contributed by atoms with Crippen molar-refractivity contribution < 1.29 is 28.7 Å². The number of carbonyl (C=O) groups excluding carboxylic acids is 2. The van der Waals surface area contributed by atoms with E-state index < -0.39 is 23.4 Å². The Morgan fingerprint density at radius 2 is 1.96 bits per heavy atom. The molecule has 3 rings (SSSR count). The number of hydrogen-bond acceptors (Lipinski definition) is 7. The van der Waals surface area contributed by atoms with Crippen LogP contribution in [-0.2, 0) is 16.1 Å². The van der Waals surface area contributed by atoms with Crippen LogP contribution < -0.4 is 14.8 Å². The lowest BCUT2D eigenvalue weighted by Gasteiger charge is -2.07. The van der Waals surface area contributed by atoms with Crippen molar-refractivity contribution in [3.05, 3.63) is 63.7 Å². The van der Waals surface area contributed by atoms with E-state index in [0.29, 0.717) is 11.5 Å². The minimum atomic E-state index is -0.813. The van der Waals surface area contributed by atoms with Gasteiger partial charge in [0.15, 0.2) is 18.1 Å². The molecule has 1 aliphatic heterocycles. The summed E-state index contributed by atoms with van der Waals surface area (Å²) >= 11 is 0. The van der Waals surface area contributed by atoms with E-state index in [1.807, 2.05) is 0 Å². The van der Waals surface area contributed by atoms with Gasteiger partial charge >= 0.3 is 5.97 Å². The van der Waals surface area contributed by atoms with Crippen LogP contribution in [0.5, 0.6) is 11.5 Å². The predicted octanol–water partition coefficient (Wildman–Crippen LogP) is 1.80. The Bertz CT molecular complexity index is 866. The van der Waals surface area contributed by atoms with Gasteiger partial charge in [-0.25, -0.2) is 4.79 Å². The number of non-ortho nitro benzene ring substituents is 1. The number of ether oxygens (including phenoxy) is 3. The zero-order valence-corrected chi connectivity index (χ0v) is 13.5. The van der Waals surface area contributed by atoms with E-state index >= 15 is 0 Å². The predicted molar refractivity (Wildman–Crippen MR) is 87.8 cm³/mol. The van der Waals surface area contributed by atoms with Crippen LogP contribution in [0, 0.1) is 10.1 Å². The lowest BCUT2D eigenvalue weighted by molar-refractivity contribution is -0.384. The van der Waals surface area contributed by atoms with Crippen molar-refractivity contribution in [3.63, 3.8) is 0 Å². The van der Waals surface area contributed by atoms with Crippen molar-refractivity contribution in [2.75, 3.05) is 13.4 Å². The standard InChI is InChI=1S/C17H14N2O7/c20-16(18-8-11-4-5-14-15(6-11)26-10-25-14)9-24-17(21)12-2-1-3-13(7-12)19(22)23/h1-7H,8-10H2,(H,18,20). The van der Waals surface area contributed by atoms with E-state index in [0.717, 1.165) is 11.6 Å². The van der Waals surface area contributed by atoms with Crippen LogP contribution in [0.15, 0.2) is 42.5 Å². The van der Waals surface area contributed by atoms with Gasteiger partial charge in [0.05, 0.1) is 10.5 Å². The fourth-order valence-corrected chi connectivity index (χ4v) is 2.26. The highest BCUT2D eigenvalue weighted by Crippen LogP contribution is 2.32. The lowest BCUT2D eigenvalue weighted by Crippen LogP contribution is -2.28. The van der Waals surface area contributed by atoms with E-state index in [4.69, 9.17) is 14.2 Å². The first-order valence-corrected chi connectivity index (χ1v) is 7.60. The molecule has 9 nitrogen and oxygen atoms in total. The molecule has 0 spiro atoms. The number of benzene rings is 2. The normalized spacial score (nSPS) is 11.7. The Kier molecular flexibility index (Phi) is 4.97. The number of fused-ring (bicyclic) bond motifs is 1. The number of hydrogen-bond donors (Lipinski definition) is 1. The molecule has 0 bridgehead atoms. The van der Waals surface area contributed by atoms with Gasteiger partial charge in [0, 0.05) is 18.7 Å². The molecule has 0 aliphatic carbocycles. The van der Waals surface area contributed by atoms with Crippen molar-refractivity contribution in [3.8, 4) is 11.5 Å². The Morgan fingerprint density at radius 3 is 2.77 bits per heavy atom. The van der Waals surface area contributed by atoms with E-state index in [9.17, 15) is 19.7 Å². The zero-order valence-electron chi connectivity index (χ0n) is 13.5. The van der Waals surface area contributed by atoms with Gasteiger partial charge in [-0.1, -0.05) is 12.1 Å². The molecule has 2 aromatic rings. The molecule has 0 unspecified atom stereocenters. The number of esters is 1. The summed E-state index contributed by atoms with van der Waals surface area (Å²) in [6.07, 6.45) is 0. The van der Waals surface area contributed by atoms with Crippen molar-refractivity contribution in [1.82, 2.24) is 5.32 Å². The summed E-state index contributed by atoms with van der Waals surface area (Å²) in [5.41, 5.74) is 0.571. The first kappa shape index (κ1) is 17.2. The highest BCUT2D eigenvalue weighted by atomic mass is 16.7. The molecule has 1 aliphatic rings. The molecule has 0 radical (unpaired) electrons. The second-order valence-corrected chi connectivity index (χ2v) is 5.35. The summed E-state index contributed by atoms with van der Waals surface area (Å²) in [7, 11) is 0. The van der Waals surface area contributed by atoms with Crippen LogP contribution >= 0.6 is 0 Å². The third-order valence-corrected chi connectivity index (χ3v) is 3.55. The second kappa shape index (κ2) is 7.51. The molecule has 1 amide bonds. The number of rotatable bonds is 6. The van der Waals surface area contributed by atoms with E-state index in [1.54, 1.807) is 18.2 Å². The summed E-state index contributed by atoms with van der Waals surface area (Å²) in [5, 5.41) is 13.3. The van der Waals surface area contributed by atoms with E-state index in [-0.39, 0.29) is 24.6 Å². The molecule has 0 atom stereocenters. The summed E-state index contributed by atoms with van der Waals surface area (Å²) in [4.78, 5) is 33.8. The van der Waals surface area contributed by atoms with Gasteiger partial charge in [0.1, 0.15) is 0 Å². The van der Waals surface area contributed by atoms with Crippen molar-refractivity contribution in [1.29, 1.82) is 0 Å². The molecule has 1 N–H and O–H groups in total. The molecule has 0 saturated carbocycles. The number of carbonyl (C=O) groups is 2. The molecular formula is C17H14N2O7. The third kappa shape index (κ3) is 4.07. The van der Waals surface area contributed by atoms with Gasteiger partial charge in [0.2, 0.25) is 6.79 Å². The van der Waals surface area contributed by atoms with Crippen molar-refractivity contribution in [2.24, 2.45) is 0 Å². The molecule has 26 heavy (non-hydrogen) atoms. The molecule has 9 heteroatoms. The first-order chi connectivity index (χ1) is 12.5. The lowest BCUT2D eigenvalue weighted by atomic mass is 10.2. The van der Waals surface area contributed by atoms with Crippen LogP contribution in [0.4, 0.5) is 5.69 Å². The van der Waals surface area contributed by atoms with Crippen molar-refractivity contribution in [2.45, 2.75) is 6.54 Å². The quantitative estimate of drug-likeness (QED) is 0.475. The molecule has 2 aromatic carbocycles. The number of amides is 1. The van der Waals surface area contributed by atoms with Gasteiger partial charge < -0.3 is 19.5 Å². The Morgan fingerprint density at radius 1 is 1.15 bits per heavy atom. The number of nitro benzene ring substituents is 1. The Labute approximate surface area is 147 Å². The second-order valence-electron chi connectivity index (χ2n) is 5.35. The maximum absolute atomic E-state index is 11.9. The Hall–Kier alpha value is -3.62. The summed E-state index contributed by atoms with van der Waals surface area (Å²) in [6, 6.07) is 10.4. The van der Waals surface area contributed by atoms with Gasteiger partial charge in [0.25, 0.3) is 11.6 Å². The zero-order chi connectivity index (χ0) is 18.5. The third-order valence-electron chi connectivity index (χ3n) is 3.55. The summed E-state index contributed by atoms with van der Waals surface area (Å²) < 4.78 is 15.3. The highest BCUT2D eigenvalue weighted by molar-refractivity contribution is 5.91. The van der Waals surface area contributed by atoms with Crippen LogP contribution in [0.2, 0.25) is 0 Å². The maximum atomic E-state index is 11.9. The first-order valence-electron chi connectivity index (χ1n) is 7.60. The average molecular weight is 358 g/mol. The van der Waals surface area contributed by atoms with Crippen molar-refractivity contribution >= 4 is 17.6 Å². The van der Waals surface area contributed by atoms with Crippen LogP contribution in [-0.4, -0.2) is 30.2 Å². The minimum Gasteiger partial charge on any atom is -0.454 e. The highest BCUT2D eigenvalue weighted by Gasteiger charge is 2.15. The Balaban J connectivity index is 1.48. The summed E-state index contributed by atoms with van der Waals surface area (Å²) in [6.45, 7) is -0.103. The van der Waals surface area contributed by atoms with E-state index in [1.165, 1.54) is 18.2 Å². The molecular weight excluding hydrogens is 344 g/mol. The van der Waals surface area contributed by atoms with Gasteiger partial charge in [-0.2, -0.15) is 0 Å². The molecule has 134 valence electrons. The topological polar surface area (TPSA) is 117 Å². The smallest absolute Gasteiger partial charge is 0.338 e. The fourth-order valence-electron chi connectivity index (χ4n) is 2.26. The molecule has 0 aromatic heterocycles. The van der Waals surface area contributed by atoms with Gasteiger partial charge in [-0.15, -0.1) is 0 Å². The number of nitrogens with one attached hydrogen (secondary N) is 1. The summed E-state index contributed by atoms with van der Waals surface area (Å²) in [5.74, 6) is -0.0619. The molecule has 0 saturated heterocycles. The van der Waals surface area contributed by atoms with Crippen LogP contribution in [0.1, 0.15) is 15.9 Å². The number of nitrogens with zero attached hydrogens (tertiary/aromatic N) is 1. The van der Waals surface area contributed by atoms with Crippen LogP contribution in [0.3, 0.4) is 0 Å². The van der Waals surface area contributed by atoms with Gasteiger partial charge in [-0.3, -0.25) is 14.9 Å². The molecule has 0 fully saturated rings. The number of nitro groups is 1. The maximum Gasteiger partial charge on any atom is 0.338 e. The minimum absolute atomic E-state index is 0.00257. The monoisotopic (exact) mass is 358 g/mol. The van der Waals surface area contributed by atoms with Crippen LogP contribution in [0.25, 0.3) is 0 Å². The van der Waals surface area contributed by atoms with Gasteiger partial charge in [-0.05, 0) is 23.8 Å². The fraction of sp³-hybridized carbons (Fsp3) is 0.176. The average Bonchev–Trinajstić information content (AvgIpc) is 3.12.